The van der Waals surface area contributed by atoms with Crippen LogP contribution in [-0.4, -0.2) is 10.4 Å². The van der Waals surface area contributed by atoms with Gasteiger partial charge in [-0.05, 0) is 31.5 Å². The normalized spacial score (nSPS) is 12.5. The average Bonchev–Trinajstić information content (AvgIpc) is 2.94. The number of carbonyl (C=O) groups is 1. The second-order valence-electron chi connectivity index (χ2n) is 5.53. The number of para-hydroxylation sites is 1. The van der Waals surface area contributed by atoms with Crippen LogP contribution in [0.2, 0.25) is 0 Å². The van der Waals surface area contributed by atoms with E-state index in [0.717, 1.165) is 17.3 Å². The monoisotopic (exact) mass is 295 g/mol. The first-order chi connectivity index (χ1) is 10.6. The maximum Gasteiger partial charge on any atom is 0.198 e. The van der Waals surface area contributed by atoms with Crippen molar-refractivity contribution in [2.45, 2.75) is 26.3 Å². The summed E-state index contributed by atoms with van der Waals surface area (Å²) >= 11 is 0. The lowest BCUT2D eigenvalue weighted by molar-refractivity contribution is 0.103. The van der Waals surface area contributed by atoms with Crippen molar-refractivity contribution in [3.05, 3.63) is 71.7 Å². The van der Waals surface area contributed by atoms with Crippen LogP contribution in [0.3, 0.4) is 0 Å². The molecule has 0 spiro atoms. The number of carbonyl (C=O) groups excluding carboxylic acids is 1. The molecule has 1 heterocycles. The van der Waals surface area contributed by atoms with Gasteiger partial charge in [-0.1, -0.05) is 37.3 Å². The molecule has 3 aromatic rings. The van der Waals surface area contributed by atoms with Crippen LogP contribution >= 0.6 is 0 Å². The van der Waals surface area contributed by atoms with Gasteiger partial charge in [0, 0.05) is 28.7 Å². The molecule has 2 nitrogen and oxygen atoms in total. The average molecular weight is 295 g/mol. The van der Waals surface area contributed by atoms with Crippen LogP contribution in [0.4, 0.5) is 4.39 Å². The summed E-state index contributed by atoms with van der Waals surface area (Å²) in [7, 11) is 0. The Bertz CT molecular complexity index is 834. The highest BCUT2D eigenvalue weighted by Gasteiger charge is 2.20. The second-order valence-corrected chi connectivity index (χ2v) is 5.53. The number of rotatable bonds is 4. The molecule has 0 radical (unpaired) electrons. The first kappa shape index (κ1) is 14.5. The van der Waals surface area contributed by atoms with E-state index in [4.69, 9.17) is 0 Å². The molecule has 22 heavy (non-hydrogen) atoms. The van der Waals surface area contributed by atoms with Crippen molar-refractivity contribution in [3.8, 4) is 0 Å². The predicted molar refractivity (Wildman–Crippen MR) is 86.8 cm³/mol. The van der Waals surface area contributed by atoms with Crippen LogP contribution in [0.5, 0.6) is 0 Å². The minimum absolute atomic E-state index is 0.120. The van der Waals surface area contributed by atoms with Crippen molar-refractivity contribution in [1.82, 2.24) is 4.57 Å². The van der Waals surface area contributed by atoms with E-state index in [2.05, 4.69) is 18.4 Å². The SMILES string of the molecule is CCC(C)n1cc(C(=O)c2ccccc2F)c2ccccc21. The molecule has 3 rings (SSSR count). The van der Waals surface area contributed by atoms with Crippen LogP contribution in [0.15, 0.2) is 54.7 Å². The number of fused-ring (bicyclic) bond motifs is 1. The van der Waals surface area contributed by atoms with E-state index in [9.17, 15) is 9.18 Å². The largest absolute Gasteiger partial charge is 0.344 e. The maximum absolute atomic E-state index is 13.9. The van der Waals surface area contributed by atoms with Gasteiger partial charge in [-0.3, -0.25) is 4.79 Å². The van der Waals surface area contributed by atoms with Crippen molar-refractivity contribution in [2.24, 2.45) is 0 Å². The topological polar surface area (TPSA) is 22.0 Å². The summed E-state index contributed by atoms with van der Waals surface area (Å²) in [5.74, 6) is -0.746. The highest BCUT2D eigenvalue weighted by molar-refractivity contribution is 6.16. The number of hydrogen-bond donors (Lipinski definition) is 0. The van der Waals surface area contributed by atoms with Gasteiger partial charge in [-0.2, -0.15) is 0 Å². The van der Waals surface area contributed by atoms with Crippen molar-refractivity contribution < 1.29 is 9.18 Å². The maximum atomic E-state index is 13.9. The lowest BCUT2D eigenvalue weighted by atomic mass is 10.0. The van der Waals surface area contributed by atoms with E-state index in [1.54, 1.807) is 12.1 Å². The summed E-state index contributed by atoms with van der Waals surface area (Å²) in [6, 6.07) is 14.2. The Labute approximate surface area is 129 Å². The number of nitrogens with zero attached hydrogens (tertiary/aromatic N) is 1. The molecule has 3 heteroatoms. The Hall–Kier alpha value is -2.42. The summed E-state index contributed by atoms with van der Waals surface area (Å²) in [6.45, 7) is 4.22. The molecule has 0 aliphatic heterocycles. The molecule has 0 saturated heterocycles. The van der Waals surface area contributed by atoms with E-state index < -0.39 is 5.82 Å². The molecule has 0 bridgehead atoms. The molecule has 112 valence electrons. The third-order valence-electron chi connectivity index (χ3n) is 4.17. The van der Waals surface area contributed by atoms with Crippen molar-refractivity contribution in [1.29, 1.82) is 0 Å². The van der Waals surface area contributed by atoms with Crippen LogP contribution in [0.25, 0.3) is 10.9 Å². The number of benzene rings is 2. The Morgan fingerprint density at radius 3 is 2.50 bits per heavy atom. The fourth-order valence-electron chi connectivity index (χ4n) is 2.74. The van der Waals surface area contributed by atoms with Gasteiger partial charge in [0.25, 0.3) is 0 Å². The van der Waals surface area contributed by atoms with Crippen molar-refractivity contribution >= 4 is 16.7 Å². The molecule has 0 aliphatic carbocycles. The van der Waals surface area contributed by atoms with Crippen LogP contribution in [0.1, 0.15) is 42.2 Å². The van der Waals surface area contributed by atoms with Crippen LogP contribution in [-0.2, 0) is 0 Å². The molecular weight excluding hydrogens is 277 g/mol. The van der Waals surface area contributed by atoms with E-state index in [-0.39, 0.29) is 17.4 Å². The van der Waals surface area contributed by atoms with Gasteiger partial charge in [0.05, 0.1) is 5.56 Å². The molecule has 0 fully saturated rings. The molecule has 0 aliphatic rings. The van der Waals surface area contributed by atoms with Crippen LogP contribution in [0, 0.1) is 5.82 Å². The predicted octanol–water partition coefficient (Wildman–Crippen LogP) is 4.98. The third kappa shape index (κ3) is 2.33. The fraction of sp³-hybridized carbons (Fsp3) is 0.211. The summed E-state index contributed by atoms with van der Waals surface area (Å²) in [6.07, 6.45) is 2.82. The molecule has 0 saturated carbocycles. The number of ketones is 1. The zero-order chi connectivity index (χ0) is 15.7. The molecule has 1 atom stereocenters. The highest BCUT2D eigenvalue weighted by Crippen LogP contribution is 2.28. The van der Waals surface area contributed by atoms with Gasteiger partial charge in [0.15, 0.2) is 5.78 Å². The molecule has 2 aromatic carbocycles. The van der Waals surface area contributed by atoms with E-state index in [1.807, 2.05) is 30.5 Å². The first-order valence-corrected chi connectivity index (χ1v) is 7.52. The zero-order valence-electron chi connectivity index (χ0n) is 12.7. The molecule has 1 aromatic heterocycles. The van der Waals surface area contributed by atoms with Gasteiger partial charge in [0.1, 0.15) is 5.82 Å². The number of aromatic nitrogens is 1. The lowest BCUT2D eigenvalue weighted by Gasteiger charge is -2.12. The highest BCUT2D eigenvalue weighted by atomic mass is 19.1. The van der Waals surface area contributed by atoms with E-state index in [0.29, 0.717) is 5.56 Å². The number of halogens is 1. The molecular formula is C19H18FNO. The second kappa shape index (κ2) is 5.76. The van der Waals surface area contributed by atoms with Gasteiger partial charge in [0.2, 0.25) is 0 Å². The minimum atomic E-state index is -0.479. The first-order valence-electron chi connectivity index (χ1n) is 7.52. The van der Waals surface area contributed by atoms with E-state index >= 15 is 0 Å². The zero-order valence-corrected chi connectivity index (χ0v) is 12.7. The van der Waals surface area contributed by atoms with Crippen LogP contribution < -0.4 is 0 Å². The smallest absolute Gasteiger partial charge is 0.198 e. The summed E-state index contributed by atoms with van der Waals surface area (Å²) < 4.78 is 16.0. The standard InChI is InChI=1S/C19H18FNO/c1-3-13(2)21-12-16(14-8-5-7-11-18(14)21)19(22)15-9-4-6-10-17(15)20/h4-13H,3H2,1-2H3. The summed E-state index contributed by atoms with van der Waals surface area (Å²) in [5, 5.41) is 0.871. The van der Waals surface area contributed by atoms with Gasteiger partial charge in [-0.15, -0.1) is 0 Å². The van der Waals surface area contributed by atoms with Gasteiger partial charge < -0.3 is 4.57 Å². The summed E-state index contributed by atoms with van der Waals surface area (Å²) in [4.78, 5) is 12.8. The van der Waals surface area contributed by atoms with Gasteiger partial charge >= 0.3 is 0 Å². The van der Waals surface area contributed by atoms with E-state index in [1.165, 1.54) is 12.1 Å². The van der Waals surface area contributed by atoms with Crippen molar-refractivity contribution in [2.75, 3.05) is 0 Å². The van der Waals surface area contributed by atoms with Gasteiger partial charge in [-0.25, -0.2) is 4.39 Å². The molecule has 0 amide bonds. The minimum Gasteiger partial charge on any atom is -0.344 e. The lowest BCUT2D eigenvalue weighted by Crippen LogP contribution is -2.04. The Balaban J connectivity index is 2.19. The Morgan fingerprint density at radius 1 is 1.09 bits per heavy atom. The van der Waals surface area contributed by atoms with Crippen molar-refractivity contribution in [3.63, 3.8) is 0 Å². The molecule has 0 N–H and O–H groups in total. The number of hydrogen-bond acceptors (Lipinski definition) is 1. The summed E-state index contributed by atoms with van der Waals surface area (Å²) in [5.41, 5.74) is 1.69. The quantitative estimate of drug-likeness (QED) is 0.622. The third-order valence-corrected chi connectivity index (χ3v) is 4.17. The molecule has 1 unspecified atom stereocenters. The Kier molecular flexibility index (Phi) is 3.80. The Morgan fingerprint density at radius 2 is 1.77 bits per heavy atom. The fourth-order valence-corrected chi connectivity index (χ4v) is 2.74.